The summed E-state index contributed by atoms with van der Waals surface area (Å²) in [6, 6.07) is 60.6. The number of anilines is 2. The number of nitrogens with zero attached hydrogens (tertiary/aromatic N) is 6. The van der Waals surface area contributed by atoms with Gasteiger partial charge in [-0.05, 0) is 133 Å². The van der Waals surface area contributed by atoms with Crippen LogP contribution in [-0.4, -0.2) is 94.5 Å². The average Bonchev–Trinajstić information content (AvgIpc) is 3.52. The van der Waals surface area contributed by atoms with Crippen LogP contribution >= 0.6 is 33.0 Å². The van der Waals surface area contributed by atoms with Gasteiger partial charge in [-0.15, -0.1) is 0 Å². The Morgan fingerprint density at radius 3 is 1.54 bits per heavy atom. The molecule has 10 rings (SSSR count). The van der Waals surface area contributed by atoms with E-state index in [2.05, 4.69) is 123 Å². The SMILES string of the molecule is Cc1ccc(S(=O)(=O)O)cc1.N#Cc1cc(CCO)ccc1N1CCN(Cc2ccccc2)C[C@H]1c1ccc(Cl)cc1.N#Cc1cc(CCOC2CCCCO2)ccc1N1CCN(Cc2ccccc2)C[C@H]1c1ccc(Cl)cc1.[2H]P. The molecule has 0 amide bonds. The minimum atomic E-state index is -4.02. The summed E-state index contributed by atoms with van der Waals surface area (Å²) in [5.74, 6) is 0. The molecule has 0 saturated carbocycles. The normalized spacial score (nSPS) is 17.6. The number of aliphatic hydroxyl groups excluding tert-OH is 1. The lowest BCUT2D eigenvalue weighted by atomic mass is 9.98. The van der Waals surface area contributed by atoms with Crippen molar-refractivity contribution in [2.75, 3.05) is 68.9 Å². The molecule has 3 aliphatic rings. The third-order valence-corrected chi connectivity index (χ3v) is 15.8. The fourth-order valence-electron chi connectivity index (χ4n) is 10.3. The molecule has 12 nitrogen and oxygen atoms in total. The van der Waals surface area contributed by atoms with E-state index in [1.807, 2.05) is 61.5 Å². The lowest BCUT2D eigenvalue weighted by molar-refractivity contribution is -0.161. The minimum Gasteiger partial charge on any atom is -0.396 e. The summed E-state index contributed by atoms with van der Waals surface area (Å²) < 4.78 is 46.8. The van der Waals surface area contributed by atoms with Gasteiger partial charge < -0.3 is 24.4 Å². The summed E-state index contributed by atoms with van der Waals surface area (Å²) in [5, 5.41) is 30.6. The number of halogens is 2. The van der Waals surface area contributed by atoms with Crippen molar-refractivity contribution in [2.24, 2.45) is 0 Å². The molecule has 3 saturated heterocycles. The number of aryl methyl sites for hydroxylation is 1. The Balaban J connectivity index is 0.000000194. The number of nitriles is 2. The Morgan fingerprint density at radius 1 is 0.637 bits per heavy atom. The van der Waals surface area contributed by atoms with Crippen LogP contribution < -0.4 is 9.80 Å². The van der Waals surface area contributed by atoms with E-state index < -0.39 is 10.1 Å². The molecule has 418 valence electrons. The van der Waals surface area contributed by atoms with Crippen molar-refractivity contribution in [2.45, 2.75) is 75.4 Å². The van der Waals surface area contributed by atoms with E-state index in [0.717, 1.165) is 123 Å². The second-order valence-corrected chi connectivity index (χ2v) is 22.4. The van der Waals surface area contributed by atoms with Gasteiger partial charge in [0.15, 0.2) is 6.29 Å². The van der Waals surface area contributed by atoms with Gasteiger partial charge in [-0.3, -0.25) is 14.4 Å². The Hall–Kier alpha value is -6.16. The second-order valence-electron chi connectivity index (χ2n) is 20.1. The highest BCUT2D eigenvalue weighted by molar-refractivity contribution is 7.85. The second kappa shape index (κ2) is 30.6. The first-order valence-corrected chi connectivity index (χ1v) is 29.1. The highest BCUT2D eigenvalue weighted by Crippen LogP contribution is 2.36. The molecule has 4 atom stereocenters. The molecule has 0 spiro atoms. The van der Waals surface area contributed by atoms with Gasteiger partial charge in [0.05, 0.1) is 47.4 Å². The number of hydrogen-bond acceptors (Lipinski definition) is 11. The highest BCUT2D eigenvalue weighted by Gasteiger charge is 2.32. The minimum absolute atomic E-state index is 0.0666. The Bertz CT molecular complexity index is 3240. The number of hydrogen-bond donors (Lipinski definition) is 2. The molecule has 3 aliphatic heterocycles. The smallest absolute Gasteiger partial charge is 0.294 e. The van der Waals surface area contributed by atoms with E-state index in [4.69, 9.17) is 38.5 Å². The lowest BCUT2D eigenvalue weighted by Crippen LogP contribution is -2.48. The zero-order valence-corrected chi connectivity index (χ0v) is 48.6. The maximum atomic E-state index is 10.5. The van der Waals surface area contributed by atoms with E-state index in [1.54, 1.807) is 22.0 Å². The van der Waals surface area contributed by atoms with E-state index in [0.29, 0.717) is 24.2 Å². The van der Waals surface area contributed by atoms with Crippen LogP contribution in [0.15, 0.2) is 175 Å². The monoisotopic (exact) mass is 1150 g/mol. The van der Waals surface area contributed by atoms with Crippen molar-refractivity contribution in [1.82, 2.24) is 9.80 Å². The molecule has 0 aliphatic carbocycles. The van der Waals surface area contributed by atoms with Gasteiger partial charge in [0.25, 0.3) is 10.1 Å². The van der Waals surface area contributed by atoms with Crippen LogP contribution in [0.3, 0.4) is 0 Å². The number of ether oxygens (including phenoxy) is 2. The van der Waals surface area contributed by atoms with Gasteiger partial charge in [-0.1, -0.05) is 138 Å². The first kappa shape index (κ1) is 59.9. The molecule has 2 unspecified atom stereocenters. The van der Waals surface area contributed by atoms with Gasteiger partial charge in [0, 0.05) is 75.6 Å². The average molecular weight is 1160 g/mol. The standard InChI is InChI=1S/C31H34ClN3O2.C26H26ClN3O.C7H8O3S.H3P/c32-28-12-10-26(11-13-28)30-23-34(22-25-6-2-1-3-7-25)16-17-35(30)29-14-9-24(20-27(29)21-33)15-19-37-31-8-4-5-18-36-31;27-24-9-7-22(8-10-24)26-19-29(18-21-4-2-1-3-5-21)13-14-30(26)25-11-6-20(12-15-31)16-23(25)17-28;1-6-2-4-7(5-3-6)11(8,9)10;/h1-3,6-7,9-14,20,30-31H,4-5,8,15-19,22-23H2;1-11,16,26,31H,12-15,18-19H2;2-5H,1H3,(H,8,9,10);1H3/t30-,31?;26-;;/m00../s1/i;;;1D. The molecule has 2 N–H and O–H groups in total. The maximum Gasteiger partial charge on any atom is 0.294 e. The van der Waals surface area contributed by atoms with Crippen molar-refractivity contribution in [3.63, 3.8) is 0 Å². The third kappa shape index (κ3) is 17.7. The lowest BCUT2D eigenvalue weighted by Gasteiger charge is -2.43. The van der Waals surface area contributed by atoms with E-state index >= 15 is 0 Å². The largest absolute Gasteiger partial charge is 0.396 e. The van der Waals surface area contributed by atoms with Crippen LogP contribution in [0.5, 0.6) is 0 Å². The van der Waals surface area contributed by atoms with Crippen molar-refractivity contribution in [3.8, 4) is 12.1 Å². The molecule has 0 bridgehead atoms. The summed E-state index contributed by atoms with van der Waals surface area (Å²) >= 11 is 12.4. The number of rotatable bonds is 15. The van der Waals surface area contributed by atoms with E-state index in [1.165, 1.54) is 34.4 Å². The summed E-state index contributed by atoms with van der Waals surface area (Å²) in [4.78, 5) is 9.63. The van der Waals surface area contributed by atoms with Gasteiger partial charge in [0.1, 0.15) is 12.1 Å². The Morgan fingerprint density at radius 2 is 1.11 bits per heavy atom. The van der Waals surface area contributed by atoms with Crippen LogP contribution in [0.1, 0.15) is 81.4 Å². The molecule has 7 aromatic carbocycles. The van der Waals surface area contributed by atoms with E-state index in [9.17, 15) is 24.0 Å². The summed E-state index contributed by atoms with van der Waals surface area (Å²) in [5.41, 5.74) is 11.4. The molecule has 80 heavy (non-hydrogen) atoms. The number of piperazine rings is 2. The fraction of sp³-hybridized carbons (Fsp3) is 0.312. The van der Waals surface area contributed by atoms with Crippen LogP contribution in [0.2, 0.25) is 10.0 Å². The molecule has 3 heterocycles. The maximum absolute atomic E-state index is 10.5. The van der Waals surface area contributed by atoms with E-state index in [-0.39, 0.29) is 29.9 Å². The van der Waals surface area contributed by atoms with Crippen molar-refractivity contribution >= 4 is 54.5 Å². The first-order valence-electron chi connectivity index (χ1n) is 27.5. The van der Waals surface area contributed by atoms with Crippen LogP contribution in [0.4, 0.5) is 11.4 Å². The summed E-state index contributed by atoms with van der Waals surface area (Å²) in [6.07, 6.45) is 4.47. The van der Waals surface area contributed by atoms with Crippen molar-refractivity contribution < 1.29 is 27.6 Å². The molecule has 0 radical (unpaired) electrons. The van der Waals surface area contributed by atoms with Crippen LogP contribution in [0.25, 0.3) is 0 Å². The molecular weight excluding hydrogens is 1080 g/mol. The molecule has 16 heteroatoms. The molecule has 0 aromatic heterocycles. The molecular formula is C64H71Cl2N6O6PS. The Labute approximate surface area is 487 Å². The van der Waals surface area contributed by atoms with Gasteiger partial charge >= 0.3 is 0 Å². The zero-order valence-electron chi connectivity index (χ0n) is 46.2. The number of benzene rings is 7. The molecule has 7 aromatic rings. The Kier molecular flexibility index (Phi) is 22.9. The zero-order chi connectivity index (χ0) is 57.6. The predicted molar refractivity (Wildman–Crippen MR) is 325 cm³/mol. The van der Waals surface area contributed by atoms with Gasteiger partial charge in [-0.25, -0.2) is 0 Å². The van der Waals surface area contributed by atoms with Crippen LogP contribution in [0, 0.1) is 29.6 Å². The predicted octanol–water partition coefficient (Wildman–Crippen LogP) is 12.5. The topological polar surface area (TPSA) is 154 Å². The first-order chi connectivity index (χ1) is 39.4. The third-order valence-electron chi connectivity index (χ3n) is 14.5. The fourth-order valence-corrected chi connectivity index (χ4v) is 11.0. The van der Waals surface area contributed by atoms with Crippen molar-refractivity contribution in [3.05, 3.63) is 230 Å². The summed E-state index contributed by atoms with van der Waals surface area (Å²) in [7, 11) is -2.35. The quantitative estimate of drug-likeness (QED) is 0.0742. The highest BCUT2D eigenvalue weighted by atomic mass is 35.5. The van der Waals surface area contributed by atoms with Crippen LogP contribution in [-0.2, 0) is 45.5 Å². The van der Waals surface area contributed by atoms with Gasteiger partial charge in [-0.2, -0.15) is 28.8 Å². The summed E-state index contributed by atoms with van der Waals surface area (Å²) in [6.45, 7) is 10.4. The van der Waals surface area contributed by atoms with Crippen molar-refractivity contribution in [1.29, 1.82) is 11.8 Å². The number of aliphatic hydroxyl groups is 1. The molecule has 3 fully saturated rings. The van der Waals surface area contributed by atoms with Gasteiger partial charge in [0.2, 0.25) is 0 Å².